The Kier molecular flexibility index (Phi) is 6.07. The molecular weight excluding hydrogens is 352 g/mol. The average molecular weight is 374 g/mol. The van der Waals surface area contributed by atoms with Crippen LogP contribution in [0.5, 0.6) is 0 Å². The van der Waals surface area contributed by atoms with E-state index in [-0.39, 0.29) is 11.5 Å². The maximum Gasteiger partial charge on any atom is 0.337 e. The molecule has 0 aliphatic carbocycles. The highest BCUT2D eigenvalue weighted by Crippen LogP contribution is 2.24. The van der Waals surface area contributed by atoms with E-state index < -0.39 is 5.97 Å². The Hall–Kier alpha value is -3.60. The second-order valence-electron chi connectivity index (χ2n) is 6.55. The molecule has 5 nitrogen and oxygen atoms in total. The Labute approximate surface area is 164 Å². The van der Waals surface area contributed by atoms with Crippen molar-refractivity contribution in [2.75, 3.05) is 10.6 Å². The topological polar surface area (TPSA) is 78.4 Å². The fourth-order valence-corrected chi connectivity index (χ4v) is 2.97. The van der Waals surface area contributed by atoms with E-state index >= 15 is 0 Å². The van der Waals surface area contributed by atoms with Crippen molar-refractivity contribution in [2.45, 2.75) is 19.8 Å². The molecule has 0 atom stereocenters. The summed E-state index contributed by atoms with van der Waals surface area (Å²) in [7, 11) is 0. The zero-order chi connectivity index (χ0) is 19.9. The molecule has 0 radical (unpaired) electrons. The predicted molar refractivity (Wildman–Crippen MR) is 111 cm³/mol. The van der Waals surface area contributed by atoms with Crippen molar-refractivity contribution in [1.82, 2.24) is 0 Å². The van der Waals surface area contributed by atoms with Gasteiger partial charge in [-0.05, 0) is 60.4 Å². The molecule has 0 aliphatic heterocycles. The lowest BCUT2D eigenvalue weighted by Crippen LogP contribution is -2.06. The monoisotopic (exact) mass is 374 g/mol. The first-order chi connectivity index (χ1) is 13.5. The van der Waals surface area contributed by atoms with Gasteiger partial charge in [-0.25, -0.2) is 4.79 Å². The van der Waals surface area contributed by atoms with Gasteiger partial charge in [-0.3, -0.25) is 4.79 Å². The van der Waals surface area contributed by atoms with Gasteiger partial charge in [0.2, 0.25) is 5.91 Å². The number of carboxylic acid groups (broad SMARTS) is 1. The Morgan fingerprint density at radius 2 is 1.46 bits per heavy atom. The first-order valence-electron chi connectivity index (χ1n) is 9.06. The summed E-state index contributed by atoms with van der Waals surface area (Å²) in [5.41, 5.74) is 4.50. The van der Waals surface area contributed by atoms with Crippen LogP contribution in [0.25, 0.3) is 0 Å². The quantitative estimate of drug-likeness (QED) is 0.551. The molecule has 28 heavy (non-hydrogen) atoms. The Balaban J connectivity index is 1.77. The largest absolute Gasteiger partial charge is 0.478 e. The lowest BCUT2D eigenvalue weighted by atomic mass is 10.0. The van der Waals surface area contributed by atoms with Gasteiger partial charge >= 0.3 is 5.97 Å². The molecule has 3 rings (SSSR count). The zero-order valence-electron chi connectivity index (χ0n) is 15.6. The van der Waals surface area contributed by atoms with Crippen molar-refractivity contribution in [3.8, 4) is 0 Å². The molecule has 0 bridgehead atoms. The van der Waals surface area contributed by atoms with Crippen LogP contribution in [0.3, 0.4) is 0 Å². The Morgan fingerprint density at radius 1 is 0.821 bits per heavy atom. The number of nitrogens with one attached hydrogen (secondary N) is 2. The summed E-state index contributed by atoms with van der Waals surface area (Å²) in [5.74, 6) is -1.12. The minimum atomic E-state index is -0.980. The minimum absolute atomic E-state index is 0.139. The van der Waals surface area contributed by atoms with E-state index in [1.54, 1.807) is 30.3 Å². The van der Waals surface area contributed by atoms with Crippen LogP contribution < -0.4 is 10.6 Å². The first kappa shape index (κ1) is 19.2. The molecule has 0 fully saturated rings. The minimum Gasteiger partial charge on any atom is -0.478 e. The molecule has 3 aromatic carbocycles. The van der Waals surface area contributed by atoms with Gasteiger partial charge in [-0.2, -0.15) is 0 Å². The van der Waals surface area contributed by atoms with Crippen molar-refractivity contribution < 1.29 is 14.7 Å². The SMILES string of the molecule is CC(=O)Nc1ccc(Nc2cc(CCc3ccccc3)ccc2C(=O)O)cc1. The Morgan fingerprint density at radius 3 is 2.11 bits per heavy atom. The van der Waals surface area contributed by atoms with Crippen molar-refractivity contribution in [3.05, 3.63) is 89.5 Å². The smallest absolute Gasteiger partial charge is 0.337 e. The van der Waals surface area contributed by atoms with Crippen LogP contribution in [0.4, 0.5) is 17.1 Å². The van der Waals surface area contributed by atoms with E-state index in [2.05, 4.69) is 22.8 Å². The predicted octanol–water partition coefficient (Wildman–Crippen LogP) is 4.87. The van der Waals surface area contributed by atoms with Gasteiger partial charge in [0.15, 0.2) is 0 Å². The highest BCUT2D eigenvalue weighted by Gasteiger charge is 2.11. The molecule has 0 saturated carbocycles. The molecule has 0 aliphatic rings. The second-order valence-corrected chi connectivity index (χ2v) is 6.55. The van der Waals surface area contributed by atoms with Crippen molar-refractivity contribution in [2.24, 2.45) is 0 Å². The van der Waals surface area contributed by atoms with E-state index in [0.717, 1.165) is 24.1 Å². The van der Waals surface area contributed by atoms with Crippen molar-refractivity contribution in [3.63, 3.8) is 0 Å². The second kappa shape index (κ2) is 8.86. The molecule has 0 spiro atoms. The third kappa shape index (κ3) is 5.20. The molecule has 5 heteroatoms. The maximum absolute atomic E-state index is 11.6. The number of carbonyl (C=O) groups is 2. The fraction of sp³-hybridized carbons (Fsp3) is 0.130. The third-order valence-corrected chi connectivity index (χ3v) is 4.34. The van der Waals surface area contributed by atoms with Crippen LogP contribution in [0.2, 0.25) is 0 Å². The summed E-state index contributed by atoms with van der Waals surface area (Å²) in [6, 6.07) is 22.7. The lowest BCUT2D eigenvalue weighted by Gasteiger charge is -2.13. The number of anilines is 3. The molecule has 3 N–H and O–H groups in total. The van der Waals surface area contributed by atoms with Gasteiger partial charge < -0.3 is 15.7 Å². The van der Waals surface area contributed by atoms with E-state index in [4.69, 9.17) is 0 Å². The van der Waals surface area contributed by atoms with Gasteiger partial charge in [0, 0.05) is 18.3 Å². The van der Waals surface area contributed by atoms with Gasteiger partial charge in [-0.15, -0.1) is 0 Å². The molecule has 142 valence electrons. The van der Waals surface area contributed by atoms with Crippen LogP contribution in [-0.4, -0.2) is 17.0 Å². The lowest BCUT2D eigenvalue weighted by molar-refractivity contribution is -0.114. The van der Waals surface area contributed by atoms with Crippen LogP contribution in [0, 0.1) is 0 Å². The molecule has 0 unspecified atom stereocenters. The fourth-order valence-electron chi connectivity index (χ4n) is 2.97. The van der Waals surface area contributed by atoms with Crippen molar-refractivity contribution in [1.29, 1.82) is 0 Å². The number of aromatic carboxylic acids is 1. The van der Waals surface area contributed by atoms with Gasteiger partial charge in [0.1, 0.15) is 0 Å². The van der Waals surface area contributed by atoms with Crippen molar-refractivity contribution >= 4 is 28.9 Å². The number of aryl methyl sites for hydroxylation is 2. The number of benzene rings is 3. The average Bonchev–Trinajstić information content (AvgIpc) is 2.68. The number of rotatable bonds is 7. The van der Waals surface area contributed by atoms with Gasteiger partial charge in [0.05, 0.1) is 11.3 Å². The number of amides is 1. The first-order valence-corrected chi connectivity index (χ1v) is 9.06. The van der Waals surface area contributed by atoms with E-state index in [9.17, 15) is 14.7 Å². The third-order valence-electron chi connectivity index (χ3n) is 4.34. The molecule has 1 amide bonds. The van der Waals surface area contributed by atoms with Gasteiger partial charge in [0.25, 0.3) is 0 Å². The summed E-state index contributed by atoms with van der Waals surface area (Å²) in [6.07, 6.45) is 1.71. The molecule has 0 aromatic heterocycles. The summed E-state index contributed by atoms with van der Waals surface area (Å²) in [4.78, 5) is 22.7. The highest BCUT2D eigenvalue weighted by atomic mass is 16.4. The zero-order valence-corrected chi connectivity index (χ0v) is 15.6. The number of hydrogen-bond donors (Lipinski definition) is 3. The summed E-state index contributed by atoms with van der Waals surface area (Å²) < 4.78 is 0. The summed E-state index contributed by atoms with van der Waals surface area (Å²) in [6.45, 7) is 1.45. The van der Waals surface area contributed by atoms with Crippen LogP contribution in [-0.2, 0) is 17.6 Å². The molecule has 0 saturated heterocycles. The maximum atomic E-state index is 11.6. The normalized spacial score (nSPS) is 10.3. The molecule has 3 aromatic rings. The summed E-state index contributed by atoms with van der Waals surface area (Å²) in [5, 5.41) is 15.4. The van der Waals surface area contributed by atoms with E-state index in [1.165, 1.54) is 12.5 Å². The van der Waals surface area contributed by atoms with Crippen LogP contribution >= 0.6 is 0 Å². The van der Waals surface area contributed by atoms with Gasteiger partial charge in [-0.1, -0.05) is 36.4 Å². The standard InChI is InChI=1S/C23H22N2O3/c1-16(26)24-19-10-12-20(13-11-19)25-22-15-18(9-14-21(22)23(27)28)8-7-17-5-3-2-4-6-17/h2-6,9-15,25H,7-8H2,1H3,(H,24,26)(H,27,28). The molecule has 0 heterocycles. The Bertz CT molecular complexity index is 967. The highest BCUT2D eigenvalue weighted by molar-refractivity contribution is 5.95. The van der Waals surface area contributed by atoms with E-state index in [1.807, 2.05) is 30.3 Å². The van der Waals surface area contributed by atoms with E-state index in [0.29, 0.717) is 11.4 Å². The number of carboxylic acids is 1. The van der Waals surface area contributed by atoms with Crippen LogP contribution in [0.1, 0.15) is 28.4 Å². The summed E-state index contributed by atoms with van der Waals surface area (Å²) >= 11 is 0. The number of carbonyl (C=O) groups excluding carboxylic acids is 1. The number of hydrogen-bond acceptors (Lipinski definition) is 3. The molecular formula is C23H22N2O3. The van der Waals surface area contributed by atoms with Crippen LogP contribution in [0.15, 0.2) is 72.8 Å².